The molecule has 1 N–H and O–H groups in total. The van der Waals surface area contributed by atoms with Crippen LogP contribution in [-0.4, -0.2) is 40.0 Å². The zero-order valence-electron chi connectivity index (χ0n) is 9.37. The van der Waals surface area contributed by atoms with Crippen LogP contribution in [0.2, 0.25) is 0 Å². The number of amides is 1. The zero-order chi connectivity index (χ0) is 12.3. The van der Waals surface area contributed by atoms with Crippen molar-refractivity contribution < 1.29 is 14.7 Å². The Morgan fingerprint density at radius 1 is 1.41 bits per heavy atom. The molecule has 0 spiro atoms. The van der Waals surface area contributed by atoms with E-state index in [0.717, 1.165) is 5.69 Å². The normalized spacial score (nSPS) is 15.4. The largest absolute Gasteiger partial charge is 0.481 e. The number of carboxylic acids is 1. The summed E-state index contributed by atoms with van der Waals surface area (Å²) in [7, 11) is 0. The maximum atomic E-state index is 11.7. The number of nitrogens with zero attached hydrogens (tertiary/aromatic N) is 2. The lowest BCUT2D eigenvalue weighted by molar-refractivity contribution is -0.152. The summed E-state index contributed by atoms with van der Waals surface area (Å²) in [6.45, 7) is 0.687. The second kappa shape index (κ2) is 4.95. The number of rotatable bonds is 4. The number of carboxylic acid groups (broad SMARTS) is 1. The van der Waals surface area contributed by atoms with Crippen molar-refractivity contribution in [2.75, 3.05) is 13.1 Å². The molecule has 2 rings (SSSR count). The molecular formula is C12H14N2O3. The lowest BCUT2D eigenvalue weighted by Crippen LogP contribution is -2.53. The Morgan fingerprint density at radius 3 is 2.76 bits per heavy atom. The Hall–Kier alpha value is -1.91. The first-order chi connectivity index (χ1) is 8.16. The van der Waals surface area contributed by atoms with Crippen LogP contribution in [0.5, 0.6) is 0 Å². The van der Waals surface area contributed by atoms with Gasteiger partial charge >= 0.3 is 5.97 Å². The van der Waals surface area contributed by atoms with Crippen molar-refractivity contribution in [3.8, 4) is 0 Å². The number of hydrogen-bond donors (Lipinski definition) is 1. The van der Waals surface area contributed by atoms with E-state index in [9.17, 15) is 9.59 Å². The summed E-state index contributed by atoms with van der Waals surface area (Å²) in [6, 6.07) is 5.60. The first kappa shape index (κ1) is 11.6. The molecule has 17 heavy (non-hydrogen) atoms. The van der Waals surface area contributed by atoms with Crippen LogP contribution in [0.3, 0.4) is 0 Å². The van der Waals surface area contributed by atoms with Crippen LogP contribution in [-0.2, 0) is 16.0 Å². The average Bonchev–Trinajstić information content (AvgIpc) is 2.25. The fraction of sp³-hybridized carbons (Fsp3) is 0.417. The van der Waals surface area contributed by atoms with Crippen molar-refractivity contribution >= 4 is 11.9 Å². The maximum absolute atomic E-state index is 11.7. The Labute approximate surface area is 99.1 Å². The Bertz CT molecular complexity index is 413. The first-order valence-electron chi connectivity index (χ1n) is 5.57. The number of carbonyl (C=O) groups is 2. The minimum absolute atomic E-state index is 0.00755. The van der Waals surface area contributed by atoms with E-state index >= 15 is 0 Å². The van der Waals surface area contributed by atoms with Crippen LogP contribution in [0, 0.1) is 5.92 Å². The highest BCUT2D eigenvalue weighted by atomic mass is 16.4. The number of hydrogen-bond acceptors (Lipinski definition) is 3. The van der Waals surface area contributed by atoms with Crippen molar-refractivity contribution in [1.82, 2.24) is 9.88 Å². The summed E-state index contributed by atoms with van der Waals surface area (Å²) >= 11 is 0. The van der Waals surface area contributed by atoms with Crippen molar-refractivity contribution in [1.29, 1.82) is 0 Å². The summed E-state index contributed by atoms with van der Waals surface area (Å²) < 4.78 is 0. The first-order valence-corrected chi connectivity index (χ1v) is 5.57. The highest BCUT2D eigenvalue weighted by molar-refractivity contribution is 5.81. The Balaban J connectivity index is 1.74. The summed E-state index contributed by atoms with van der Waals surface area (Å²) in [5.74, 6) is -1.19. The molecule has 0 aliphatic carbocycles. The summed E-state index contributed by atoms with van der Waals surface area (Å²) in [5.41, 5.74) is 0.885. The van der Waals surface area contributed by atoms with Gasteiger partial charge in [0.1, 0.15) is 0 Å². The smallest absolute Gasteiger partial charge is 0.310 e. The molecule has 1 aliphatic heterocycles. The molecule has 0 aromatic carbocycles. The van der Waals surface area contributed by atoms with Gasteiger partial charge < -0.3 is 10.0 Å². The molecule has 0 saturated carbocycles. The molecule has 5 heteroatoms. The predicted molar refractivity (Wildman–Crippen MR) is 60.3 cm³/mol. The topological polar surface area (TPSA) is 70.5 Å². The number of carbonyl (C=O) groups excluding carboxylic acids is 1. The highest BCUT2D eigenvalue weighted by Crippen LogP contribution is 2.17. The molecule has 0 radical (unpaired) electrons. The van der Waals surface area contributed by atoms with E-state index in [-0.39, 0.29) is 11.8 Å². The van der Waals surface area contributed by atoms with Gasteiger partial charge in [0.2, 0.25) is 5.91 Å². The molecule has 1 saturated heterocycles. The molecule has 0 bridgehead atoms. The molecule has 1 fully saturated rings. The molecule has 2 heterocycles. The minimum Gasteiger partial charge on any atom is -0.481 e. The second-order valence-electron chi connectivity index (χ2n) is 4.15. The van der Waals surface area contributed by atoms with Gasteiger partial charge in [-0.2, -0.15) is 0 Å². The van der Waals surface area contributed by atoms with Crippen molar-refractivity contribution in [3.05, 3.63) is 30.1 Å². The quantitative estimate of drug-likeness (QED) is 0.826. The molecule has 1 aromatic heterocycles. The molecule has 0 atom stereocenters. The third-order valence-corrected chi connectivity index (χ3v) is 2.90. The molecule has 0 unspecified atom stereocenters. The highest BCUT2D eigenvalue weighted by Gasteiger charge is 2.35. The third-order valence-electron chi connectivity index (χ3n) is 2.90. The number of pyridine rings is 1. The van der Waals surface area contributed by atoms with Crippen LogP contribution >= 0.6 is 0 Å². The monoisotopic (exact) mass is 234 g/mol. The van der Waals surface area contributed by atoms with Gasteiger partial charge in [0.25, 0.3) is 0 Å². The van der Waals surface area contributed by atoms with Gasteiger partial charge in [-0.25, -0.2) is 0 Å². The minimum atomic E-state index is -0.821. The summed E-state index contributed by atoms with van der Waals surface area (Å²) in [6.07, 6.45) is 2.70. The van der Waals surface area contributed by atoms with E-state index in [4.69, 9.17) is 5.11 Å². The van der Waals surface area contributed by atoms with E-state index in [1.54, 1.807) is 11.1 Å². The van der Waals surface area contributed by atoms with Crippen LogP contribution in [0.15, 0.2) is 24.4 Å². The fourth-order valence-electron chi connectivity index (χ4n) is 1.78. The number of likely N-dealkylation sites (tertiary alicyclic amines) is 1. The third kappa shape index (κ3) is 2.81. The standard InChI is InChI=1S/C12H14N2O3/c15-11(14-7-9(8-14)12(16)17)5-4-10-3-1-2-6-13-10/h1-3,6,9H,4-5,7-8H2,(H,16,17). The van der Waals surface area contributed by atoms with E-state index in [1.807, 2.05) is 18.2 Å². The van der Waals surface area contributed by atoms with E-state index in [1.165, 1.54) is 0 Å². The van der Waals surface area contributed by atoms with E-state index in [2.05, 4.69) is 4.98 Å². The Kier molecular flexibility index (Phi) is 3.37. The van der Waals surface area contributed by atoms with Gasteiger partial charge in [0.05, 0.1) is 5.92 Å². The fourth-order valence-corrected chi connectivity index (χ4v) is 1.78. The van der Waals surface area contributed by atoms with Crippen LogP contribution in [0.25, 0.3) is 0 Å². The molecule has 90 valence electrons. The lowest BCUT2D eigenvalue weighted by atomic mass is 10.00. The van der Waals surface area contributed by atoms with Gasteiger partial charge in [0.15, 0.2) is 0 Å². The predicted octanol–water partition coefficient (Wildman–Crippen LogP) is 0.557. The van der Waals surface area contributed by atoms with Gasteiger partial charge in [-0.3, -0.25) is 14.6 Å². The van der Waals surface area contributed by atoms with Crippen LogP contribution in [0.4, 0.5) is 0 Å². The van der Waals surface area contributed by atoms with E-state index in [0.29, 0.717) is 25.9 Å². The van der Waals surface area contributed by atoms with Crippen molar-refractivity contribution in [2.24, 2.45) is 5.92 Å². The van der Waals surface area contributed by atoms with Gasteiger partial charge in [-0.05, 0) is 18.6 Å². The molecular weight excluding hydrogens is 220 g/mol. The average molecular weight is 234 g/mol. The van der Waals surface area contributed by atoms with Gasteiger partial charge in [-0.1, -0.05) is 6.07 Å². The van der Waals surface area contributed by atoms with Gasteiger partial charge in [-0.15, -0.1) is 0 Å². The van der Waals surface area contributed by atoms with E-state index < -0.39 is 5.97 Å². The second-order valence-corrected chi connectivity index (χ2v) is 4.15. The molecule has 5 nitrogen and oxygen atoms in total. The number of aromatic nitrogens is 1. The number of aryl methyl sites for hydroxylation is 1. The van der Waals surface area contributed by atoms with Gasteiger partial charge in [0, 0.05) is 31.4 Å². The van der Waals surface area contributed by atoms with Crippen molar-refractivity contribution in [3.63, 3.8) is 0 Å². The lowest BCUT2D eigenvalue weighted by Gasteiger charge is -2.36. The van der Waals surface area contributed by atoms with Crippen LogP contribution in [0.1, 0.15) is 12.1 Å². The molecule has 1 amide bonds. The summed E-state index contributed by atoms with van der Waals surface area (Å²) in [4.78, 5) is 28.0. The molecule has 1 aromatic rings. The summed E-state index contributed by atoms with van der Waals surface area (Å²) in [5, 5.41) is 8.69. The molecule has 1 aliphatic rings. The zero-order valence-corrected chi connectivity index (χ0v) is 9.37. The SMILES string of the molecule is O=C(O)C1CN(C(=O)CCc2ccccn2)C1. The van der Waals surface area contributed by atoms with Crippen molar-refractivity contribution in [2.45, 2.75) is 12.8 Å². The Morgan fingerprint density at radius 2 is 2.18 bits per heavy atom. The maximum Gasteiger partial charge on any atom is 0.310 e. The number of aliphatic carboxylic acids is 1. The van der Waals surface area contributed by atoms with Crippen LogP contribution < -0.4 is 0 Å².